The van der Waals surface area contributed by atoms with E-state index in [1.807, 2.05) is 6.92 Å². The second kappa shape index (κ2) is 3.96. The van der Waals surface area contributed by atoms with Crippen molar-refractivity contribution in [3.63, 3.8) is 0 Å². The van der Waals surface area contributed by atoms with Crippen molar-refractivity contribution in [1.29, 1.82) is 0 Å². The Kier molecular flexibility index (Phi) is 2.44. The van der Waals surface area contributed by atoms with Gasteiger partial charge in [-0.15, -0.1) is 0 Å². The van der Waals surface area contributed by atoms with Crippen molar-refractivity contribution < 1.29 is 8.81 Å². The quantitative estimate of drug-likeness (QED) is 0.864. The molecule has 1 N–H and O–H groups in total. The summed E-state index contributed by atoms with van der Waals surface area (Å²) in [6, 6.07) is 6.33. The summed E-state index contributed by atoms with van der Waals surface area (Å²) < 4.78 is 18.5. The van der Waals surface area contributed by atoms with Crippen LogP contribution in [-0.2, 0) is 0 Å². The summed E-state index contributed by atoms with van der Waals surface area (Å²) in [6.07, 6.45) is 0. The third kappa shape index (κ3) is 1.85. The van der Waals surface area contributed by atoms with Gasteiger partial charge in [0, 0.05) is 18.7 Å². The highest BCUT2D eigenvalue weighted by molar-refractivity contribution is 5.60. The van der Waals surface area contributed by atoms with Crippen molar-refractivity contribution in [2.75, 3.05) is 13.1 Å². The highest BCUT2D eigenvalue weighted by Crippen LogP contribution is 2.28. The molecule has 0 aliphatic carbocycles. The summed E-state index contributed by atoms with van der Waals surface area (Å²) in [5, 5.41) is 3.19. The van der Waals surface area contributed by atoms with Crippen LogP contribution in [0.15, 0.2) is 28.7 Å². The molecule has 2 aromatic rings. The van der Waals surface area contributed by atoms with Crippen molar-refractivity contribution in [2.45, 2.75) is 12.8 Å². The zero-order chi connectivity index (χ0) is 11.8. The normalized spacial score (nSPS) is 15.9. The van der Waals surface area contributed by atoms with Crippen LogP contribution in [0.1, 0.15) is 17.6 Å². The number of aryl methyl sites for hydroxylation is 1. The van der Waals surface area contributed by atoms with Gasteiger partial charge in [0.25, 0.3) is 0 Å². The molecule has 0 bridgehead atoms. The summed E-state index contributed by atoms with van der Waals surface area (Å²) in [5.41, 5.74) is 1.71. The van der Waals surface area contributed by atoms with Crippen LogP contribution in [0.25, 0.3) is 11.3 Å². The van der Waals surface area contributed by atoms with Crippen LogP contribution < -0.4 is 5.32 Å². The molecule has 2 heterocycles. The Balaban J connectivity index is 1.96. The van der Waals surface area contributed by atoms with Crippen LogP contribution in [0.5, 0.6) is 0 Å². The predicted octanol–water partition coefficient (Wildman–Crippen LogP) is 2.48. The van der Waals surface area contributed by atoms with Gasteiger partial charge in [0.1, 0.15) is 17.3 Å². The molecule has 3 rings (SSSR count). The highest BCUT2D eigenvalue weighted by Gasteiger charge is 2.25. The molecule has 0 amide bonds. The van der Waals surface area contributed by atoms with Gasteiger partial charge in [0.05, 0.1) is 5.92 Å². The first-order chi connectivity index (χ1) is 8.24. The third-order valence-corrected chi connectivity index (χ3v) is 3.06. The first-order valence-corrected chi connectivity index (χ1v) is 5.68. The number of halogens is 1. The predicted molar refractivity (Wildman–Crippen MR) is 62.2 cm³/mol. The number of nitrogens with zero attached hydrogens (tertiary/aromatic N) is 1. The Morgan fingerprint density at radius 1 is 1.29 bits per heavy atom. The molecule has 0 atom stereocenters. The van der Waals surface area contributed by atoms with E-state index in [4.69, 9.17) is 4.42 Å². The summed E-state index contributed by atoms with van der Waals surface area (Å²) >= 11 is 0. The van der Waals surface area contributed by atoms with Gasteiger partial charge in [-0.1, -0.05) is 0 Å². The third-order valence-electron chi connectivity index (χ3n) is 3.06. The minimum Gasteiger partial charge on any atom is -0.445 e. The summed E-state index contributed by atoms with van der Waals surface area (Å²) in [5.74, 6) is 1.71. The maximum atomic E-state index is 12.8. The molecule has 1 aromatic carbocycles. The van der Waals surface area contributed by atoms with Crippen molar-refractivity contribution in [1.82, 2.24) is 10.3 Å². The van der Waals surface area contributed by atoms with E-state index in [0.717, 1.165) is 36.0 Å². The van der Waals surface area contributed by atoms with Gasteiger partial charge < -0.3 is 9.73 Å². The molecule has 0 saturated carbocycles. The number of benzene rings is 1. The largest absolute Gasteiger partial charge is 0.445 e. The Bertz CT molecular complexity index is 529. The second-order valence-electron chi connectivity index (χ2n) is 4.32. The van der Waals surface area contributed by atoms with Crippen LogP contribution in [0.2, 0.25) is 0 Å². The van der Waals surface area contributed by atoms with E-state index in [1.165, 1.54) is 12.1 Å². The molecule has 1 saturated heterocycles. The van der Waals surface area contributed by atoms with Gasteiger partial charge in [-0.05, 0) is 31.2 Å². The Morgan fingerprint density at radius 2 is 2.00 bits per heavy atom. The molecular formula is C13H13FN2O. The van der Waals surface area contributed by atoms with Crippen LogP contribution >= 0.6 is 0 Å². The molecule has 0 unspecified atom stereocenters. The smallest absolute Gasteiger partial charge is 0.200 e. The Labute approximate surface area is 98.7 Å². The minimum absolute atomic E-state index is 0.238. The molecule has 1 aromatic heterocycles. The van der Waals surface area contributed by atoms with Gasteiger partial charge in [-0.3, -0.25) is 0 Å². The first kappa shape index (κ1) is 10.5. The molecule has 0 spiro atoms. The van der Waals surface area contributed by atoms with Gasteiger partial charge >= 0.3 is 0 Å². The first-order valence-electron chi connectivity index (χ1n) is 5.68. The standard InChI is InChI=1S/C13H13FN2O/c1-8-12(9-2-4-11(14)5-3-9)16-13(17-8)10-6-15-7-10/h2-5,10,15H,6-7H2,1H3. The van der Waals surface area contributed by atoms with Crippen molar-refractivity contribution in [3.8, 4) is 11.3 Å². The highest BCUT2D eigenvalue weighted by atomic mass is 19.1. The van der Waals surface area contributed by atoms with Gasteiger partial charge in [0.15, 0.2) is 0 Å². The van der Waals surface area contributed by atoms with Crippen molar-refractivity contribution in [3.05, 3.63) is 41.7 Å². The van der Waals surface area contributed by atoms with Crippen LogP contribution in [0.3, 0.4) is 0 Å². The number of hydrogen-bond donors (Lipinski definition) is 1. The maximum Gasteiger partial charge on any atom is 0.200 e. The average molecular weight is 232 g/mol. The van der Waals surface area contributed by atoms with E-state index in [1.54, 1.807) is 12.1 Å². The fraction of sp³-hybridized carbons (Fsp3) is 0.308. The monoisotopic (exact) mass is 232 g/mol. The van der Waals surface area contributed by atoms with E-state index in [2.05, 4.69) is 10.3 Å². The SMILES string of the molecule is Cc1oc(C2CNC2)nc1-c1ccc(F)cc1. The molecule has 3 nitrogen and oxygen atoms in total. The lowest BCUT2D eigenvalue weighted by Crippen LogP contribution is -2.40. The summed E-state index contributed by atoms with van der Waals surface area (Å²) in [4.78, 5) is 4.50. The number of nitrogens with one attached hydrogen (secondary N) is 1. The molecule has 1 aliphatic rings. The topological polar surface area (TPSA) is 38.1 Å². The lowest BCUT2D eigenvalue weighted by Gasteiger charge is -2.23. The number of rotatable bonds is 2. The molecule has 88 valence electrons. The molecule has 4 heteroatoms. The fourth-order valence-corrected chi connectivity index (χ4v) is 1.93. The van der Waals surface area contributed by atoms with E-state index < -0.39 is 0 Å². The summed E-state index contributed by atoms with van der Waals surface area (Å²) in [6.45, 7) is 3.73. The molecule has 1 fully saturated rings. The van der Waals surface area contributed by atoms with E-state index in [9.17, 15) is 4.39 Å². The summed E-state index contributed by atoms with van der Waals surface area (Å²) in [7, 11) is 0. The van der Waals surface area contributed by atoms with Gasteiger partial charge in [0.2, 0.25) is 5.89 Å². The van der Waals surface area contributed by atoms with E-state index >= 15 is 0 Å². The average Bonchev–Trinajstić information content (AvgIpc) is 2.59. The molecule has 0 radical (unpaired) electrons. The lowest BCUT2D eigenvalue weighted by atomic mass is 10.0. The minimum atomic E-state index is -0.238. The van der Waals surface area contributed by atoms with E-state index in [-0.39, 0.29) is 5.82 Å². The van der Waals surface area contributed by atoms with Crippen molar-refractivity contribution in [2.24, 2.45) is 0 Å². The van der Waals surface area contributed by atoms with Crippen LogP contribution in [0, 0.1) is 12.7 Å². The molecule has 17 heavy (non-hydrogen) atoms. The Hall–Kier alpha value is -1.68. The zero-order valence-corrected chi connectivity index (χ0v) is 9.53. The van der Waals surface area contributed by atoms with Crippen molar-refractivity contribution >= 4 is 0 Å². The number of oxazole rings is 1. The van der Waals surface area contributed by atoms with Crippen LogP contribution in [0.4, 0.5) is 4.39 Å². The van der Waals surface area contributed by atoms with Gasteiger partial charge in [-0.2, -0.15) is 0 Å². The Morgan fingerprint density at radius 3 is 2.59 bits per heavy atom. The number of aromatic nitrogens is 1. The number of hydrogen-bond acceptors (Lipinski definition) is 3. The van der Waals surface area contributed by atoms with Crippen LogP contribution in [-0.4, -0.2) is 18.1 Å². The zero-order valence-electron chi connectivity index (χ0n) is 9.53. The molecule has 1 aliphatic heterocycles. The molecular weight excluding hydrogens is 219 g/mol. The van der Waals surface area contributed by atoms with Gasteiger partial charge in [-0.25, -0.2) is 9.37 Å². The lowest BCUT2D eigenvalue weighted by molar-refractivity contribution is 0.350. The maximum absolute atomic E-state index is 12.8. The van der Waals surface area contributed by atoms with E-state index in [0.29, 0.717) is 5.92 Å². The second-order valence-corrected chi connectivity index (χ2v) is 4.32. The fourth-order valence-electron chi connectivity index (χ4n) is 1.93.